The van der Waals surface area contributed by atoms with Gasteiger partial charge in [-0.15, -0.1) is 21.5 Å². The van der Waals surface area contributed by atoms with Gasteiger partial charge in [-0.2, -0.15) is 0 Å². The molecule has 1 fully saturated rings. The molecular formula is C48H54ClIN8O3S. The number of fused-ring (bicyclic) bond motifs is 3. The van der Waals surface area contributed by atoms with Gasteiger partial charge in [0, 0.05) is 76.5 Å². The van der Waals surface area contributed by atoms with Crippen LogP contribution < -0.4 is 16.0 Å². The number of anilines is 1. The van der Waals surface area contributed by atoms with Crippen molar-refractivity contribution in [2.24, 2.45) is 4.99 Å². The number of hydrogen-bond donors (Lipinski definition) is 4. The Labute approximate surface area is 387 Å². The lowest BCUT2D eigenvalue weighted by atomic mass is 9.99. The lowest BCUT2D eigenvalue weighted by molar-refractivity contribution is -0.122. The lowest BCUT2D eigenvalue weighted by Gasteiger charge is -2.32. The Bertz CT molecular complexity index is 2450. The Hall–Kier alpha value is -4.75. The van der Waals surface area contributed by atoms with E-state index in [4.69, 9.17) is 16.6 Å². The molecule has 2 aliphatic rings. The third kappa shape index (κ3) is 11.6. The molecule has 4 heterocycles. The normalized spacial score (nSPS) is 15.1. The van der Waals surface area contributed by atoms with Crippen LogP contribution in [0.1, 0.15) is 108 Å². The predicted octanol–water partition coefficient (Wildman–Crippen LogP) is 9.20. The molecule has 7 rings (SSSR count). The van der Waals surface area contributed by atoms with Crippen molar-refractivity contribution >= 4 is 68.7 Å². The number of thiophene rings is 1. The van der Waals surface area contributed by atoms with Gasteiger partial charge in [0.1, 0.15) is 22.6 Å². The van der Waals surface area contributed by atoms with E-state index in [9.17, 15) is 14.7 Å². The van der Waals surface area contributed by atoms with E-state index in [0.717, 1.165) is 112 Å². The number of phenolic OH excluding ortho intramolecular Hbond substituents is 1. The summed E-state index contributed by atoms with van der Waals surface area (Å²) in [5.41, 5.74) is 6.77. The maximum Gasteiger partial charge on any atom is 0.222 e. The largest absolute Gasteiger partial charge is 0.507 e. The van der Waals surface area contributed by atoms with E-state index in [1.807, 2.05) is 73.7 Å². The number of aryl methyl sites for hydroxylation is 2. The van der Waals surface area contributed by atoms with E-state index < -0.39 is 6.04 Å². The molecular weight excluding hydrogens is 931 g/mol. The first-order valence-corrected chi connectivity index (χ1v) is 23.7. The number of likely N-dealkylation sites (tertiary alicyclic amines) is 1. The smallest absolute Gasteiger partial charge is 0.222 e. The van der Waals surface area contributed by atoms with Crippen LogP contribution in [0.3, 0.4) is 0 Å². The molecule has 4 N–H and O–H groups in total. The van der Waals surface area contributed by atoms with Gasteiger partial charge in [-0.1, -0.05) is 73.0 Å². The van der Waals surface area contributed by atoms with Crippen LogP contribution in [-0.2, 0) is 16.1 Å². The van der Waals surface area contributed by atoms with Crippen LogP contribution in [0.15, 0.2) is 71.7 Å². The summed E-state index contributed by atoms with van der Waals surface area (Å²) in [7, 11) is 0. The van der Waals surface area contributed by atoms with Gasteiger partial charge in [-0.25, -0.2) is 0 Å². The predicted molar refractivity (Wildman–Crippen MR) is 258 cm³/mol. The van der Waals surface area contributed by atoms with Crippen LogP contribution in [0.4, 0.5) is 5.69 Å². The first-order chi connectivity index (χ1) is 30.0. The molecule has 2 amide bonds. The summed E-state index contributed by atoms with van der Waals surface area (Å²) in [6.45, 7) is 9.63. The molecule has 14 heteroatoms. The zero-order valence-electron chi connectivity index (χ0n) is 35.6. The zero-order chi connectivity index (χ0) is 43.6. The van der Waals surface area contributed by atoms with Crippen molar-refractivity contribution in [3.63, 3.8) is 0 Å². The van der Waals surface area contributed by atoms with Crippen LogP contribution in [0.5, 0.6) is 5.75 Å². The van der Waals surface area contributed by atoms with Crippen LogP contribution in [0, 0.1) is 36.2 Å². The molecule has 62 heavy (non-hydrogen) atoms. The number of nitrogens with zero attached hydrogens (tertiary/aromatic N) is 5. The number of hydrogen-bond acceptors (Lipinski definition) is 9. The summed E-state index contributed by atoms with van der Waals surface area (Å²) >= 11 is 10.1. The topological polar surface area (TPSA) is 137 Å². The molecule has 3 aromatic carbocycles. The molecule has 0 spiro atoms. The van der Waals surface area contributed by atoms with Gasteiger partial charge < -0.3 is 21.1 Å². The second-order valence-electron chi connectivity index (χ2n) is 16.1. The van der Waals surface area contributed by atoms with Crippen molar-refractivity contribution in [2.75, 3.05) is 31.5 Å². The van der Waals surface area contributed by atoms with E-state index >= 15 is 0 Å². The van der Waals surface area contributed by atoms with Crippen LogP contribution in [-0.4, -0.2) is 74.5 Å². The number of para-hydroxylation sites is 1. The minimum absolute atomic E-state index is 0.0716. The number of carbonyl (C=O) groups excluding carboxylic acids is 2. The minimum atomic E-state index is -0.499. The molecule has 0 unspecified atom stereocenters. The fraction of sp³-hybridized carbons (Fsp3) is 0.396. The Morgan fingerprint density at radius 2 is 1.69 bits per heavy atom. The van der Waals surface area contributed by atoms with E-state index in [1.165, 1.54) is 4.88 Å². The van der Waals surface area contributed by atoms with E-state index in [2.05, 4.69) is 83.9 Å². The minimum Gasteiger partial charge on any atom is -0.507 e. The number of amides is 2. The monoisotopic (exact) mass is 984 g/mol. The molecule has 2 aliphatic heterocycles. The van der Waals surface area contributed by atoms with Gasteiger partial charge in [-0.05, 0) is 111 Å². The molecule has 2 aromatic heterocycles. The molecule has 324 valence electrons. The highest BCUT2D eigenvalue weighted by Gasteiger charge is 2.32. The Morgan fingerprint density at radius 1 is 0.952 bits per heavy atom. The van der Waals surface area contributed by atoms with Crippen LogP contribution in [0.2, 0.25) is 5.02 Å². The maximum atomic E-state index is 13.3. The number of rotatable bonds is 16. The van der Waals surface area contributed by atoms with Gasteiger partial charge in [0.15, 0.2) is 5.82 Å². The number of aliphatic imine (C=N–C) groups is 1. The van der Waals surface area contributed by atoms with Gasteiger partial charge in [-0.3, -0.25) is 24.0 Å². The van der Waals surface area contributed by atoms with Crippen LogP contribution in [0.25, 0.3) is 5.00 Å². The fourth-order valence-corrected chi connectivity index (χ4v) is 10.0. The summed E-state index contributed by atoms with van der Waals surface area (Å²) in [6, 6.07) is 21.3. The van der Waals surface area contributed by atoms with E-state index in [-0.39, 0.29) is 24.3 Å². The third-order valence-corrected chi connectivity index (χ3v) is 13.8. The molecule has 0 aliphatic carbocycles. The second-order valence-corrected chi connectivity index (χ2v) is 18.9. The number of unbranched alkanes of at least 4 members (excludes halogenated alkanes) is 4. The highest BCUT2D eigenvalue weighted by molar-refractivity contribution is 14.1. The number of halogens is 2. The SMILES string of the molecule is Cc1sc2c(c1C)C(c1ccc(Cl)cc1)=N[C@@H](CC(=O)NCCCCCCCC(=O)NC1CCN(Cc3cc(C#CCNc4ccccc4)cc(I)c3O)CC1)c1nnc(C)n1-2. The van der Waals surface area contributed by atoms with Gasteiger partial charge in [0.25, 0.3) is 0 Å². The number of carbonyl (C=O) groups is 2. The van der Waals surface area contributed by atoms with Gasteiger partial charge >= 0.3 is 0 Å². The maximum absolute atomic E-state index is 13.3. The average molecular weight is 985 g/mol. The number of aromatic nitrogens is 3. The van der Waals surface area contributed by atoms with E-state index in [1.54, 1.807) is 11.3 Å². The Morgan fingerprint density at radius 3 is 2.47 bits per heavy atom. The molecule has 5 aromatic rings. The van der Waals surface area contributed by atoms with Crippen molar-refractivity contribution in [2.45, 2.75) is 97.2 Å². The number of benzene rings is 3. The van der Waals surface area contributed by atoms with E-state index in [0.29, 0.717) is 42.7 Å². The number of phenols is 1. The molecule has 0 bridgehead atoms. The van der Waals surface area contributed by atoms with Gasteiger partial charge in [0.05, 0.1) is 22.2 Å². The number of nitrogens with one attached hydrogen (secondary N) is 3. The summed E-state index contributed by atoms with van der Waals surface area (Å²) in [6.07, 6.45) is 7.11. The van der Waals surface area contributed by atoms with Gasteiger partial charge in [0.2, 0.25) is 11.8 Å². The third-order valence-electron chi connectivity index (χ3n) is 11.5. The quantitative estimate of drug-likeness (QED) is 0.0440. The Kier molecular flexibility index (Phi) is 15.7. The lowest BCUT2D eigenvalue weighted by Crippen LogP contribution is -2.44. The summed E-state index contributed by atoms with van der Waals surface area (Å²) in [5, 5.41) is 31.1. The van der Waals surface area contributed by atoms with Crippen molar-refractivity contribution < 1.29 is 14.7 Å². The van der Waals surface area contributed by atoms with Crippen molar-refractivity contribution in [1.29, 1.82) is 0 Å². The first kappa shape index (κ1) is 45.3. The highest BCUT2D eigenvalue weighted by Crippen LogP contribution is 2.39. The summed E-state index contributed by atoms with van der Waals surface area (Å²) in [5.74, 6) is 8.21. The number of piperidine rings is 1. The molecule has 0 radical (unpaired) electrons. The Balaban J connectivity index is 0.793. The zero-order valence-corrected chi connectivity index (χ0v) is 39.3. The second kappa shape index (κ2) is 21.6. The van der Waals surface area contributed by atoms with Crippen molar-refractivity contribution in [1.82, 2.24) is 30.3 Å². The van der Waals surface area contributed by atoms with Crippen LogP contribution >= 0.6 is 45.5 Å². The highest BCUT2D eigenvalue weighted by atomic mass is 127. The summed E-state index contributed by atoms with van der Waals surface area (Å²) in [4.78, 5) is 34.9. The molecule has 0 saturated carbocycles. The first-order valence-electron chi connectivity index (χ1n) is 21.5. The standard InChI is InChI=1S/C48H54ClIN8O3S/c1-31-32(2)62-48-44(31)45(35-17-19-37(49)20-18-35)54-41(47-56-55-33(3)58(47)48)29-43(60)52-23-11-6-4-5-10-16-42(59)53-39-21-25-57(26-22-39)30-36-27-34(28-40(50)46(36)61)13-12-24-51-38-14-8-7-9-15-38/h7-9,14-15,17-20,27-28,39,41,51,61H,4-6,10-11,16,21-26,29-30H2,1-3H3,(H,52,60)(H,53,59)/t41-/m0/s1. The van der Waals surface area contributed by atoms with Crippen molar-refractivity contribution in [3.8, 4) is 22.6 Å². The molecule has 11 nitrogen and oxygen atoms in total. The number of aromatic hydroxyl groups is 1. The molecule has 1 saturated heterocycles. The molecule has 1 atom stereocenters. The fourth-order valence-electron chi connectivity index (χ4n) is 8.02. The summed E-state index contributed by atoms with van der Waals surface area (Å²) < 4.78 is 2.86. The van der Waals surface area contributed by atoms with Crippen molar-refractivity contribution in [3.05, 3.63) is 120 Å². The average Bonchev–Trinajstić information content (AvgIpc) is 3.74.